The van der Waals surface area contributed by atoms with Crippen molar-refractivity contribution in [2.75, 3.05) is 0 Å². The molecule has 0 fully saturated rings. The average Bonchev–Trinajstić information content (AvgIpc) is 2.36. The van der Waals surface area contributed by atoms with Gasteiger partial charge in [-0.3, -0.25) is 0 Å². The highest BCUT2D eigenvalue weighted by molar-refractivity contribution is 5.30. The van der Waals surface area contributed by atoms with Crippen LogP contribution in [0.15, 0.2) is 42.5 Å². The Kier molecular flexibility index (Phi) is 4.17. The number of nitrogens with one attached hydrogen (secondary N) is 1. The van der Waals surface area contributed by atoms with Gasteiger partial charge in [0.05, 0.1) is 0 Å². The third kappa shape index (κ3) is 3.55. The lowest BCUT2D eigenvalue weighted by Crippen LogP contribution is -2.19. The van der Waals surface area contributed by atoms with E-state index < -0.39 is 0 Å². The molecule has 2 rings (SSSR count). The summed E-state index contributed by atoms with van der Waals surface area (Å²) in [6.45, 7) is 4.64. The molecule has 0 radical (unpaired) electrons. The monoisotopic (exact) mass is 259 g/mol. The molecule has 2 N–H and O–H groups in total. The Morgan fingerprint density at radius 3 is 2.68 bits per heavy atom. The first-order valence-corrected chi connectivity index (χ1v) is 6.33. The third-order valence-electron chi connectivity index (χ3n) is 3.15. The zero-order chi connectivity index (χ0) is 13.8. The highest BCUT2D eigenvalue weighted by Crippen LogP contribution is 2.21. The van der Waals surface area contributed by atoms with E-state index in [9.17, 15) is 9.50 Å². The number of halogens is 1. The van der Waals surface area contributed by atoms with Crippen molar-refractivity contribution < 1.29 is 9.50 Å². The number of phenolic OH excluding ortho intramolecular Hbond substituents is 1. The Labute approximate surface area is 112 Å². The van der Waals surface area contributed by atoms with Gasteiger partial charge in [-0.2, -0.15) is 0 Å². The summed E-state index contributed by atoms with van der Waals surface area (Å²) >= 11 is 0. The molecule has 2 aromatic carbocycles. The second kappa shape index (κ2) is 5.85. The maximum Gasteiger partial charge on any atom is 0.131 e. The van der Waals surface area contributed by atoms with Crippen LogP contribution in [-0.2, 0) is 6.54 Å². The van der Waals surface area contributed by atoms with Crippen LogP contribution in [0.5, 0.6) is 5.75 Å². The largest absolute Gasteiger partial charge is 0.508 e. The Hall–Kier alpha value is -1.87. The summed E-state index contributed by atoms with van der Waals surface area (Å²) in [6, 6.07) is 12.3. The molecule has 2 nitrogen and oxygen atoms in total. The van der Waals surface area contributed by atoms with Gasteiger partial charge in [0, 0.05) is 24.2 Å². The van der Waals surface area contributed by atoms with Crippen molar-refractivity contribution in [2.24, 2.45) is 0 Å². The fraction of sp³-hybridized carbons (Fsp3) is 0.250. The van der Waals surface area contributed by atoms with Gasteiger partial charge in [-0.05, 0) is 25.5 Å². The predicted molar refractivity (Wildman–Crippen MR) is 74.5 cm³/mol. The molecule has 0 aliphatic rings. The van der Waals surface area contributed by atoms with Crippen LogP contribution in [0.4, 0.5) is 4.39 Å². The van der Waals surface area contributed by atoms with Crippen molar-refractivity contribution in [2.45, 2.75) is 26.4 Å². The number of aryl methyl sites for hydroxylation is 1. The normalized spacial score (nSPS) is 12.4. The van der Waals surface area contributed by atoms with E-state index in [1.807, 2.05) is 32.0 Å². The molecule has 0 aliphatic carbocycles. The van der Waals surface area contributed by atoms with Gasteiger partial charge in [0.1, 0.15) is 11.6 Å². The molecule has 0 spiro atoms. The zero-order valence-electron chi connectivity index (χ0n) is 11.2. The highest BCUT2D eigenvalue weighted by atomic mass is 19.1. The van der Waals surface area contributed by atoms with Crippen LogP contribution in [0.2, 0.25) is 0 Å². The first kappa shape index (κ1) is 13.6. The molecule has 1 atom stereocenters. The van der Waals surface area contributed by atoms with Gasteiger partial charge in [-0.1, -0.05) is 35.9 Å². The maximum absolute atomic E-state index is 13.7. The summed E-state index contributed by atoms with van der Waals surface area (Å²) in [5, 5.41) is 12.5. The number of phenols is 1. The molecule has 0 aliphatic heterocycles. The molecular weight excluding hydrogens is 241 g/mol. The summed E-state index contributed by atoms with van der Waals surface area (Å²) in [4.78, 5) is 0. The SMILES string of the molecule is Cc1cccc(CNC(C)c2ccc(O)cc2F)c1. The Balaban J connectivity index is 2.03. The number of hydrogen-bond acceptors (Lipinski definition) is 2. The van der Waals surface area contributed by atoms with Gasteiger partial charge in [-0.25, -0.2) is 4.39 Å². The van der Waals surface area contributed by atoms with Gasteiger partial charge in [0.2, 0.25) is 0 Å². The molecule has 3 heteroatoms. The highest BCUT2D eigenvalue weighted by Gasteiger charge is 2.10. The summed E-state index contributed by atoms with van der Waals surface area (Å²) in [5.74, 6) is -0.434. The van der Waals surface area contributed by atoms with E-state index in [2.05, 4.69) is 11.4 Å². The minimum absolute atomic E-state index is 0.0489. The van der Waals surface area contributed by atoms with Crippen molar-refractivity contribution >= 4 is 0 Å². The molecule has 0 amide bonds. The van der Waals surface area contributed by atoms with E-state index in [1.165, 1.54) is 17.2 Å². The first-order chi connectivity index (χ1) is 9.06. The molecule has 0 bridgehead atoms. The number of benzene rings is 2. The average molecular weight is 259 g/mol. The van der Waals surface area contributed by atoms with Gasteiger partial charge in [0.15, 0.2) is 0 Å². The van der Waals surface area contributed by atoms with Crippen molar-refractivity contribution in [1.29, 1.82) is 0 Å². The Morgan fingerprint density at radius 2 is 2.00 bits per heavy atom. The first-order valence-electron chi connectivity index (χ1n) is 6.33. The molecule has 0 saturated carbocycles. The molecule has 19 heavy (non-hydrogen) atoms. The van der Waals surface area contributed by atoms with Crippen molar-refractivity contribution in [1.82, 2.24) is 5.32 Å². The topological polar surface area (TPSA) is 32.3 Å². The van der Waals surface area contributed by atoms with Crippen molar-refractivity contribution in [3.8, 4) is 5.75 Å². The molecule has 0 heterocycles. The zero-order valence-corrected chi connectivity index (χ0v) is 11.2. The van der Waals surface area contributed by atoms with Crippen molar-refractivity contribution in [3.05, 3.63) is 65.0 Å². The lowest BCUT2D eigenvalue weighted by molar-refractivity contribution is 0.463. The van der Waals surface area contributed by atoms with Crippen molar-refractivity contribution in [3.63, 3.8) is 0 Å². The van der Waals surface area contributed by atoms with E-state index in [-0.39, 0.29) is 17.6 Å². The second-order valence-corrected chi connectivity index (χ2v) is 4.80. The maximum atomic E-state index is 13.7. The molecule has 2 aromatic rings. The smallest absolute Gasteiger partial charge is 0.131 e. The van der Waals surface area contributed by atoms with Crippen LogP contribution >= 0.6 is 0 Å². The number of aromatic hydroxyl groups is 1. The number of rotatable bonds is 4. The lowest BCUT2D eigenvalue weighted by atomic mass is 10.1. The van der Waals surface area contributed by atoms with Gasteiger partial charge in [-0.15, -0.1) is 0 Å². The predicted octanol–water partition coefficient (Wildman–Crippen LogP) is 3.69. The quantitative estimate of drug-likeness (QED) is 0.877. The molecule has 0 saturated heterocycles. The third-order valence-corrected chi connectivity index (χ3v) is 3.15. The van der Waals surface area contributed by atoms with Crippen LogP contribution in [0.25, 0.3) is 0 Å². The van der Waals surface area contributed by atoms with Gasteiger partial charge >= 0.3 is 0 Å². The van der Waals surface area contributed by atoms with E-state index in [0.717, 1.165) is 6.07 Å². The standard InChI is InChI=1S/C16H18FNO/c1-11-4-3-5-13(8-11)10-18-12(2)15-7-6-14(19)9-16(15)17/h3-9,12,18-19H,10H2,1-2H3. The van der Waals surface area contributed by atoms with Crippen LogP contribution in [0, 0.1) is 12.7 Å². The van der Waals surface area contributed by atoms with Crippen LogP contribution in [-0.4, -0.2) is 5.11 Å². The summed E-state index contributed by atoms with van der Waals surface area (Å²) in [5.41, 5.74) is 2.94. The van der Waals surface area contributed by atoms with Crippen LogP contribution < -0.4 is 5.32 Å². The van der Waals surface area contributed by atoms with E-state index in [0.29, 0.717) is 12.1 Å². The Bertz CT molecular complexity index is 568. The van der Waals surface area contributed by atoms with Gasteiger partial charge < -0.3 is 10.4 Å². The summed E-state index contributed by atoms with van der Waals surface area (Å²) in [7, 11) is 0. The van der Waals surface area contributed by atoms with E-state index in [4.69, 9.17) is 0 Å². The minimum atomic E-state index is -0.385. The van der Waals surface area contributed by atoms with E-state index in [1.54, 1.807) is 6.07 Å². The molecule has 0 aromatic heterocycles. The van der Waals surface area contributed by atoms with E-state index >= 15 is 0 Å². The minimum Gasteiger partial charge on any atom is -0.508 e. The summed E-state index contributed by atoms with van der Waals surface area (Å²) < 4.78 is 13.7. The fourth-order valence-corrected chi connectivity index (χ4v) is 2.07. The molecular formula is C16H18FNO. The Morgan fingerprint density at radius 1 is 1.21 bits per heavy atom. The molecule has 1 unspecified atom stereocenters. The molecule has 100 valence electrons. The lowest BCUT2D eigenvalue weighted by Gasteiger charge is -2.15. The summed E-state index contributed by atoms with van der Waals surface area (Å²) in [6.07, 6.45) is 0. The van der Waals surface area contributed by atoms with Crippen LogP contribution in [0.3, 0.4) is 0 Å². The number of hydrogen-bond donors (Lipinski definition) is 2. The van der Waals surface area contributed by atoms with Gasteiger partial charge in [0.25, 0.3) is 0 Å². The van der Waals surface area contributed by atoms with Crippen LogP contribution in [0.1, 0.15) is 29.7 Å². The fourth-order valence-electron chi connectivity index (χ4n) is 2.07. The second-order valence-electron chi connectivity index (χ2n) is 4.80.